The Balaban J connectivity index is 2.07. The lowest BCUT2D eigenvalue weighted by atomic mass is 9.93. The summed E-state index contributed by atoms with van der Waals surface area (Å²) < 4.78 is 0. The van der Waals surface area contributed by atoms with Crippen LogP contribution >= 0.6 is 11.3 Å². The largest absolute Gasteiger partial charge is 0.347 e. The van der Waals surface area contributed by atoms with E-state index in [9.17, 15) is 9.59 Å². The highest BCUT2D eigenvalue weighted by Crippen LogP contribution is 2.26. The van der Waals surface area contributed by atoms with Crippen molar-refractivity contribution in [1.29, 1.82) is 0 Å². The first-order valence-electron chi connectivity index (χ1n) is 7.89. The van der Waals surface area contributed by atoms with E-state index in [1.807, 2.05) is 12.3 Å². The lowest BCUT2D eigenvalue weighted by Gasteiger charge is -2.15. The van der Waals surface area contributed by atoms with Gasteiger partial charge in [-0.25, -0.2) is 9.97 Å². The standard InChI is InChI=1S/C17H24N4O2S/c1-9-12(15(23)20-11(3)18-9)7-14(22)19-10(2)16-21-13(8-24-16)17(4,5)6/h8,10H,7H2,1-6H3,(H,19,22)(H,18,20,23). The first-order chi connectivity index (χ1) is 11.1. The van der Waals surface area contributed by atoms with Crippen LogP contribution in [-0.2, 0) is 16.6 Å². The second kappa shape index (κ2) is 6.84. The number of amides is 1. The summed E-state index contributed by atoms with van der Waals surface area (Å²) in [6.07, 6.45) is 0.0102. The van der Waals surface area contributed by atoms with E-state index in [1.165, 1.54) is 11.3 Å². The number of thiazole rings is 1. The Morgan fingerprint density at radius 3 is 2.54 bits per heavy atom. The van der Waals surface area contributed by atoms with E-state index in [4.69, 9.17) is 0 Å². The smallest absolute Gasteiger partial charge is 0.254 e. The topological polar surface area (TPSA) is 87.7 Å². The zero-order valence-electron chi connectivity index (χ0n) is 15.0. The van der Waals surface area contributed by atoms with Crippen LogP contribution in [0.25, 0.3) is 0 Å². The zero-order chi connectivity index (χ0) is 18.1. The summed E-state index contributed by atoms with van der Waals surface area (Å²) in [5.74, 6) is 0.335. The Morgan fingerprint density at radius 2 is 2.00 bits per heavy atom. The Bertz CT molecular complexity index is 802. The number of H-pyrrole nitrogens is 1. The number of hydrogen-bond acceptors (Lipinski definition) is 5. The molecule has 2 heterocycles. The second-order valence-corrected chi connectivity index (χ2v) is 7.89. The molecule has 1 unspecified atom stereocenters. The van der Waals surface area contributed by atoms with Crippen LogP contribution in [0, 0.1) is 13.8 Å². The van der Waals surface area contributed by atoms with Crippen molar-refractivity contribution in [2.24, 2.45) is 0 Å². The van der Waals surface area contributed by atoms with Gasteiger partial charge < -0.3 is 10.3 Å². The van der Waals surface area contributed by atoms with Gasteiger partial charge in [-0.05, 0) is 20.8 Å². The van der Waals surface area contributed by atoms with Gasteiger partial charge in [0.2, 0.25) is 5.91 Å². The first-order valence-corrected chi connectivity index (χ1v) is 8.77. The predicted octanol–water partition coefficient (Wildman–Crippen LogP) is 2.56. The van der Waals surface area contributed by atoms with E-state index in [-0.39, 0.29) is 29.3 Å². The van der Waals surface area contributed by atoms with Crippen LogP contribution in [0.5, 0.6) is 0 Å². The minimum Gasteiger partial charge on any atom is -0.347 e. The van der Waals surface area contributed by atoms with Gasteiger partial charge in [-0.15, -0.1) is 11.3 Å². The molecule has 0 saturated carbocycles. The van der Waals surface area contributed by atoms with Gasteiger partial charge in [0.05, 0.1) is 18.2 Å². The van der Waals surface area contributed by atoms with Gasteiger partial charge in [0.25, 0.3) is 5.56 Å². The van der Waals surface area contributed by atoms with Gasteiger partial charge in [0, 0.05) is 22.1 Å². The van der Waals surface area contributed by atoms with Crippen molar-refractivity contribution < 1.29 is 4.79 Å². The van der Waals surface area contributed by atoms with Gasteiger partial charge in [-0.1, -0.05) is 20.8 Å². The number of carbonyl (C=O) groups is 1. The van der Waals surface area contributed by atoms with Gasteiger partial charge in [0.15, 0.2) is 0 Å². The summed E-state index contributed by atoms with van der Waals surface area (Å²) in [5.41, 5.74) is 1.73. The quantitative estimate of drug-likeness (QED) is 0.889. The van der Waals surface area contributed by atoms with Crippen LogP contribution < -0.4 is 10.9 Å². The van der Waals surface area contributed by atoms with Crippen LogP contribution in [0.2, 0.25) is 0 Å². The summed E-state index contributed by atoms with van der Waals surface area (Å²) in [6.45, 7) is 11.7. The lowest BCUT2D eigenvalue weighted by molar-refractivity contribution is -0.121. The van der Waals surface area contributed by atoms with Crippen LogP contribution in [0.15, 0.2) is 10.2 Å². The molecule has 130 valence electrons. The van der Waals surface area contributed by atoms with Crippen molar-refractivity contribution >= 4 is 17.2 Å². The molecule has 0 aromatic carbocycles. The summed E-state index contributed by atoms with van der Waals surface area (Å²) in [4.78, 5) is 35.7. The van der Waals surface area contributed by atoms with E-state index >= 15 is 0 Å². The molecule has 0 fully saturated rings. The third-order valence-electron chi connectivity index (χ3n) is 3.72. The van der Waals surface area contributed by atoms with Crippen LogP contribution in [0.1, 0.15) is 61.5 Å². The molecule has 24 heavy (non-hydrogen) atoms. The SMILES string of the molecule is Cc1nc(C)c(CC(=O)NC(C)c2nc(C(C)(C)C)cs2)c(=O)[nH]1. The average molecular weight is 348 g/mol. The van der Waals surface area contributed by atoms with Crippen molar-refractivity contribution in [3.8, 4) is 0 Å². The Kier molecular flexibility index (Phi) is 5.22. The highest BCUT2D eigenvalue weighted by molar-refractivity contribution is 7.09. The third kappa shape index (κ3) is 4.29. The summed E-state index contributed by atoms with van der Waals surface area (Å²) in [6, 6.07) is -0.198. The molecular weight excluding hydrogens is 324 g/mol. The maximum atomic E-state index is 12.3. The van der Waals surface area contributed by atoms with Crippen molar-refractivity contribution in [3.63, 3.8) is 0 Å². The van der Waals surface area contributed by atoms with E-state index in [1.54, 1.807) is 13.8 Å². The van der Waals surface area contributed by atoms with Crippen LogP contribution in [0.4, 0.5) is 0 Å². The number of nitrogens with zero attached hydrogens (tertiary/aromatic N) is 2. The van der Waals surface area contributed by atoms with Gasteiger partial charge in [-0.3, -0.25) is 9.59 Å². The Hall–Kier alpha value is -2.02. The van der Waals surface area contributed by atoms with Crippen LogP contribution in [0.3, 0.4) is 0 Å². The van der Waals surface area contributed by atoms with Crippen molar-refractivity contribution in [1.82, 2.24) is 20.3 Å². The molecular formula is C17H24N4O2S. The average Bonchev–Trinajstić information content (AvgIpc) is 2.92. The van der Waals surface area contributed by atoms with Gasteiger partial charge >= 0.3 is 0 Å². The summed E-state index contributed by atoms with van der Waals surface area (Å²) in [7, 11) is 0. The maximum absolute atomic E-state index is 12.3. The number of aromatic amines is 1. The molecule has 2 rings (SSSR count). The number of nitrogens with one attached hydrogen (secondary N) is 2. The molecule has 1 atom stereocenters. The van der Waals surface area contributed by atoms with Crippen molar-refractivity contribution in [2.45, 2.75) is 59.4 Å². The third-order valence-corrected chi connectivity index (χ3v) is 4.74. The molecule has 0 radical (unpaired) electrons. The maximum Gasteiger partial charge on any atom is 0.254 e. The van der Waals surface area contributed by atoms with Gasteiger partial charge in [-0.2, -0.15) is 0 Å². The number of aromatic nitrogens is 3. The van der Waals surface area contributed by atoms with E-state index in [2.05, 4.69) is 41.0 Å². The molecule has 0 aliphatic rings. The molecule has 6 nitrogen and oxygen atoms in total. The molecule has 1 amide bonds. The fourth-order valence-electron chi connectivity index (χ4n) is 2.31. The number of hydrogen-bond donors (Lipinski definition) is 2. The highest BCUT2D eigenvalue weighted by atomic mass is 32.1. The van der Waals surface area contributed by atoms with E-state index < -0.39 is 0 Å². The lowest BCUT2D eigenvalue weighted by Crippen LogP contribution is -2.31. The van der Waals surface area contributed by atoms with Gasteiger partial charge in [0.1, 0.15) is 10.8 Å². The molecule has 0 spiro atoms. The fourth-order valence-corrected chi connectivity index (χ4v) is 3.36. The molecule has 0 saturated heterocycles. The predicted molar refractivity (Wildman–Crippen MR) is 95.4 cm³/mol. The molecule has 2 aromatic heterocycles. The van der Waals surface area contributed by atoms with Crippen molar-refractivity contribution in [3.05, 3.63) is 43.5 Å². The minimum atomic E-state index is -0.257. The molecule has 2 N–H and O–H groups in total. The van der Waals surface area contributed by atoms with Crippen molar-refractivity contribution in [2.75, 3.05) is 0 Å². The second-order valence-electron chi connectivity index (χ2n) is 7.00. The molecule has 0 aliphatic carbocycles. The minimum absolute atomic E-state index is 0.0102. The van der Waals surface area contributed by atoms with E-state index in [0.29, 0.717) is 17.1 Å². The number of rotatable bonds is 4. The zero-order valence-corrected chi connectivity index (χ0v) is 15.8. The Labute approximate surface area is 145 Å². The number of aryl methyl sites for hydroxylation is 2. The summed E-state index contributed by atoms with van der Waals surface area (Å²) in [5, 5.41) is 5.79. The highest BCUT2D eigenvalue weighted by Gasteiger charge is 2.21. The Morgan fingerprint density at radius 1 is 1.33 bits per heavy atom. The number of carbonyl (C=O) groups excluding carboxylic acids is 1. The molecule has 2 aromatic rings. The summed E-state index contributed by atoms with van der Waals surface area (Å²) >= 11 is 1.53. The first kappa shape index (κ1) is 18.3. The fraction of sp³-hybridized carbons (Fsp3) is 0.529. The molecule has 0 bridgehead atoms. The molecule has 0 aliphatic heterocycles. The monoisotopic (exact) mass is 348 g/mol. The molecule has 7 heteroatoms. The van der Waals surface area contributed by atoms with Crippen LogP contribution in [-0.4, -0.2) is 20.9 Å². The van der Waals surface area contributed by atoms with E-state index in [0.717, 1.165) is 10.7 Å². The normalized spacial score (nSPS) is 12.9.